The lowest BCUT2D eigenvalue weighted by Crippen LogP contribution is -2.47. The molecule has 1 saturated carbocycles. The first-order valence-corrected chi connectivity index (χ1v) is 6.59. The molecule has 1 aromatic rings. The lowest BCUT2D eigenvalue weighted by Gasteiger charge is -2.40. The van der Waals surface area contributed by atoms with Gasteiger partial charge in [0.1, 0.15) is 5.82 Å². The molecule has 0 amide bonds. The Labute approximate surface area is 102 Å². The molecule has 1 fully saturated rings. The zero-order chi connectivity index (χ0) is 11.7. The molecule has 1 heterocycles. The van der Waals surface area contributed by atoms with Gasteiger partial charge in [-0.25, -0.2) is 4.39 Å². The third kappa shape index (κ3) is 2.11. The summed E-state index contributed by atoms with van der Waals surface area (Å²) in [6.45, 7) is 0.920. The maximum Gasteiger partial charge on any atom is 0.125 e. The van der Waals surface area contributed by atoms with Crippen molar-refractivity contribution in [2.75, 3.05) is 17.2 Å². The fraction of sp³-hybridized carbons (Fsp3) is 0.571. The van der Waals surface area contributed by atoms with Crippen LogP contribution in [-0.4, -0.2) is 12.1 Å². The highest BCUT2D eigenvalue weighted by Crippen LogP contribution is 2.37. The fourth-order valence-corrected chi connectivity index (χ4v) is 3.07. The first-order chi connectivity index (χ1) is 8.27. The highest BCUT2D eigenvalue weighted by Gasteiger charge is 2.34. The van der Waals surface area contributed by atoms with Crippen LogP contribution in [0, 0.1) is 5.82 Å². The molecule has 3 rings (SSSR count). The fourth-order valence-electron chi connectivity index (χ4n) is 3.07. The van der Waals surface area contributed by atoms with E-state index in [1.165, 1.54) is 44.6 Å². The largest absolute Gasteiger partial charge is 0.381 e. The summed E-state index contributed by atoms with van der Waals surface area (Å²) in [6.07, 6.45) is 7.73. The van der Waals surface area contributed by atoms with E-state index >= 15 is 0 Å². The number of rotatable bonds is 0. The van der Waals surface area contributed by atoms with Crippen LogP contribution in [0.25, 0.3) is 0 Å². The summed E-state index contributed by atoms with van der Waals surface area (Å²) < 4.78 is 13.1. The molecule has 2 N–H and O–H groups in total. The van der Waals surface area contributed by atoms with Crippen LogP contribution in [0.15, 0.2) is 18.2 Å². The Hall–Kier alpha value is -1.25. The van der Waals surface area contributed by atoms with E-state index in [0.717, 1.165) is 17.9 Å². The number of anilines is 2. The predicted molar refractivity (Wildman–Crippen MR) is 68.9 cm³/mol. The standard InChI is InChI=1S/C14H19FN2/c15-11-5-6-12-13(9-11)16-10-14(17-12)7-3-1-2-4-8-14/h5-6,9,16-17H,1-4,7-8,10H2. The van der Waals surface area contributed by atoms with E-state index < -0.39 is 0 Å². The van der Waals surface area contributed by atoms with Gasteiger partial charge in [0.05, 0.1) is 16.9 Å². The van der Waals surface area contributed by atoms with E-state index in [1.807, 2.05) is 6.07 Å². The minimum Gasteiger partial charge on any atom is -0.381 e. The summed E-state index contributed by atoms with van der Waals surface area (Å²) in [5, 5.41) is 7.04. The van der Waals surface area contributed by atoms with Crippen LogP contribution >= 0.6 is 0 Å². The van der Waals surface area contributed by atoms with Crippen molar-refractivity contribution in [1.29, 1.82) is 0 Å². The van der Waals surface area contributed by atoms with E-state index in [-0.39, 0.29) is 11.4 Å². The van der Waals surface area contributed by atoms with Crippen molar-refractivity contribution in [3.05, 3.63) is 24.0 Å². The zero-order valence-corrected chi connectivity index (χ0v) is 10.1. The van der Waals surface area contributed by atoms with Crippen LogP contribution in [0.3, 0.4) is 0 Å². The van der Waals surface area contributed by atoms with Crippen molar-refractivity contribution in [3.63, 3.8) is 0 Å². The highest BCUT2D eigenvalue weighted by atomic mass is 19.1. The molecule has 92 valence electrons. The molecule has 1 aromatic carbocycles. The number of nitrogens with one attached hydrogen (secondary N) is 2. The van der Waals surface area contributed by atoms with Crippen molar-refractivity contribution in [2.24, 2.45) is 0 Å². The van der Waals surface area contributed by atoms with Crippen LogP contribution < -0.4 is 10.6 Å². The molecule has 1 aliphatic heterocycles. The van der Waals surface area contributed by atoms with Crippen LogP contribution in [0.4, 0.5) is 15.8 Å². The molecule has 0 saturated heterocycles. The van der Waals surface area contributed by atoms with Gasteiger partial charge in [-0.2, -0.15) is 0 Å². The molecule has 0 aromatic heterocycles. The van der Waals surface area contributed by atoms with Gasteiger partial charge in [-0.05, 0) is 31.0 Å². The molecular formula is C14H19FN2. The van der Waals surface area contributed by atoms with E-state index in [0.29, 0.717) is 0 Å². The Kier molecular flexibility index (Phi) is 2.69. The van der Waals surface area contributed by atoms with Crippen molar-refractivity contribution < 1.29 is 4.39 Å². The Balaban J connectivity index is 1.85. The van der Waals surface area contributed by atoms with E-state index in [4.69, 9.17) is 0 Å². The maximum absolute atomic E-state index is 13.1. The summed E-state index contributed by atoms with van der Waals surface area (Å²) in [7, 11) is 0. The van der Waals surface area contributed by atoms with Crippen molar-refractivity contribution in [1.82, 2.24) is 0 Å². The van der Waals surface area contributed by atoms with Gasteiger partial charge in [-0.15, -0.1) is 0 Å². The van der Waals surface area contributed by atoms with Crippen LogP contribution in [0.2, 0.25) is 0 Å². The second-order valence-electron chi connectivity index (χ2n) is 5.36. The number of hydrogen-bond acceptors (Lipinski definition) is 2. The average Bonchev–Trinajstić information content (AvgIpc) is 2.56. The number of hydrogen-bond donors (Lipinski definition) is 2. The van der Waals surface area contributed by atoms with Crippen molar-refractivity contribution in [2.45, 2.75) is 44.1 Å². The van der Waals surface area contributed by atoms with Gasteiger partial charge < -0.3 is 10.6 Å². The monoisotopic (exact) mass is 234 g/mol. The smallest absolute Gasteiger partial charge is 0.125 e. The topological polar surface area (TPSA) is 24.1 Å². The Bertz CT molecular complexity index is 409. The first-order valence-electron chi connectivity index (χ1n) is 6.59. The van der Waals surface area contributed by atoms with Gasteiger partial charge in [0, 0.05) is 6.54 Å². The van der Waals surface area contributed by atoms with Gasteiger partial charge >= 0.3 is 0 Å². The summed E-state index contributed by atoms with van der Waals surface area (Å²) in [4.78, 5) is 0. The Morgan fingerprint density at radius 3 is 2.53 bits per heavy atom. The SMILES string of the molecule is Fc1ccc2c(c1)NCC1(CCCCCC1)N2. The summed E-state index contributed by atoms with van der Waals surface area (Å²) in [5.74, 6) is -0.171. The zero-order valence-electron chi connectivity index (χ0n) is 10.1. The normalized spacial score (nSPS) is 22.2. The molecule has 1 spiro atoms. The van der Waals surface area contributed by atoms with Gasteiger partial charge in [-0.3, -0.25) is 0 Å². The molecule has 1 aliphatic carbocycles. The molecule has 17 heavy (non-hydrogen) atoms. The minimum absolute atomic E-state index is 0.171. The summed E-state index contributed by atoms with van der Waals surface area (Å²) >= 11 is 0. The minimum atomic E-state index is -0.171. The molecule has 0 unspecified atom stereocenters. The summed E-state index contributed by atoms with van der Waals surface area (Å²) in [5.41, 5.74) is 2.15. The quantitative estimate of drug-likeness (QED) is 0.714. The van der Waals surface area contributed by atoms with Gasteiger partial charge in [0.25, 0.3) is 0 Å². The van der Waals surface area contributed by atoms with Crippen molar-refractivity contribution >= 4 is 11.4 Å². The number of halogens is 1. The molecule has 2 nitrogen and oxygen atoms in total. The maximum atomic E-state index is 13.1. The lowest BCUT2D eigenvalue weighted by molar-refractivity contribution is 0.423. The molecule has 2 aliphatic rings. The number of benzene rings is 1. The summed E-state index contributed by atoms with van der Waals surface area (Å²) in [6, 6.07) is 4.96. The van der Waals surface area contributed by atoms with Crippen LogP contribution in [-0.2, 0) is 0 Å². The van der Waals surface area contributed by atoms with Gasteiger partial charge in [-0.1, -0.05) is 25.7 Å². The molecular weight excluding hydrogens is 215 g/mol. The first kappa shape index (κ1) is 10.9. The lowest BCUT2D eigenvalue weighted by atomic mass is 9.88. The molecule has 0 radical (unpaired) electrons. The van der Waals surface area contributed by atoms with E-state index in [2.05, 4.69) is 10.6 Å². The van der Waals surface area contributed by atoms with Gasteiger partial charge in [0.15, 0.2) is 0 Å². The second-order valence-corrected chi connectivity index (χ2v) is 5.36. The molecule has 3 heteroatoms. The highest BCUT2D eigenvalue weighted by molar-refractivity contribution is 5.72. The average molecular weight is 234 g/mol. The third-order valence-corrected chi connectivity index (χ3v) is 4.06. The Morgan fingerprint density at radius 1 is 1.00 bits per heavy atom. The van der Waals surface area contributed by atoms with Crippen molar-refractivity contribution in [3.8, 4) is 0 Å². The number of fused-ring (bicyclic) bond motifs is 1. The third-order valence-electron chi connectivity index (χ3n) is 4.06. The van der Waals surface area contributed by atoms with Crippen LogP contribution in [0.5, 0.6) is 0 Å². The van der Waals surface area contributed by atoms with E-state index in [9.17, 15) is 4.39 Å². The predicted octanol–water partition coefficient (Wildman–Crippen LogP) is 3.76. The Morgan fingerprint density at radius 2 is 1.76 bits per heavy atom. The molecule has 0 atom stereocenters. The van der Waals surface area contributed by atoms with Crippen LogP contribution in [0.1, 0.15) is 38.5 Å². The van der Waals surface area contributed by atoms with Gasteiger partial charge in [0.2, 0.25) is 0 Å². The van der Waals surface area contributed by atoms with E-state index in [1.54, 1.807) is 6.07 Å². The molecule has 0 bridgehead atoms. The second kappa shape index (κ2) is 4.21.